The summed E-state index contributed by atoms with van der Waals surface area (Å²) < 4.78 is 6.97. The van der Waals surface area contributed by atoms with Gasteiger partial charge in [-0.3, -0.25) is 5.10 Å². The summed E-state index contributed by atoms with van der Waals surface area (Å²) in [5.41, 5.74) is 0.546. The molecule has 0 saturated carbocycles. The minimum Gasteiger partial charge on any atom is -0.504 e. The summed E-state index contributed by atoms with van der Waals surface area (Å²) >= 11 is 5.08. The van der Waals surface area contributed by atoms with Crippen LogP contribution in [0.15, 0.2) is 23.3 Å². The van der Waals surface area contributed by atoms with E-state index in [9.17, 15) is 5.11 Å². The number of phenolic OH excluding ortho intramolecular Hbond substituents is 1. The lowest BCUT2D eigenvalue weighted by atomic mass is 10.2. The quantitative estimate of drug-likeness (QED) is 0.663. The lowest BCUT2D eigenvalue weighted by Gasteiger charge is -2.05. The minimum atomic E-state index is 0.0433. The molecule has 6 nitrogen and oxygen atoms in total. The van der Waals surface area contributed by atoms with Crippen LogP contribution in [-0.2, 0) is 6.42 Å². The molecule has 0 saturated heterocycles. The van der Waals surface area contributed by atoms with Crippen LogP contribution in [0.5, 0.6) is 11.5 Å². The average molecular weight is 278 g/mol. The van der Waals surface area contributed by atoms with E-state index < -0.39 is 0 Å². The number of nitrogens with zero attached hydrogens (tertiary/aromatic N) is 3. The van der Waals surface area contributed by atoms with Gasteiger partial charge in [-0.1, -0.05) is 13.0 Å². The number of ether oxygens (including phenoxy) is 1. The lowest BCUT2D eigenvalue weighted by Crippen LogP contribution is -1.97. The Bertz CT molecular complexity index is 660. The molecule has 0 aliphatic rings. The summed E-state index contributed by atoms with van der Waals surface area (Å²) in [5, 5.41) is 20.9. The molecule has 0 spiro atoms. The topological polar surface area (TPSA) is 75.4 Å². The van der Waals surface area contributed by atoms with E-state index in [1.807, 2.05) is 6.92 Å². The van der Waals surface area contributed by atoms with Gasteiger partial charge in [0.15, 0.2) is 17.3 Å². The van der Waals surface area contributed by atoms with Crippen molar-refractivity contribution in [1.82, 2.24) is 14.9 Å². The summed E-state index contributed by atoms with van der Waals surface area (Å²) in [4.78, 5) is 0. The molecule has 0 atom stereocenters. The molecule has 0 amide bonds. The van der Waals surface area contributed by atoms with Gasteiger partial charge in [0.25, 0.3) is 0 Å². The van der Waals surface area contributed by atoms with E-state index >= 15 is 0 Å². The fourth-order valence-electron chi connectivity index (χ4n) is 1.60. The smallest absolute Gasteiger partial charge is 0.216 e. The van der Waals surface area contributed by atoms with E-state index in [2.05, 4.69) is 15.3 Å². The standard InChI is InChI=1S/C12H14N4O2S/c1-3-10-14-15-12(19)16(10)13-7-8-5-4-6-9(18-2)11(8)17/h4-7,17H,3H2,1-2H3,(H,15,19)/b13-7-. The molecule has 2 aromatic rings. The van der Waals surface area contributed by atoms with Gasteiger partial charge in [-0.2, -0.15) is 14.9 Å². The zero-order valence-corrected chi connectivity index (χ0v) is 11.4. The number of aryl methyl sites for hydroxylation is 1. The predicted octanol–water partition coefficient (Wildman–Crippen LogP) is 2.10. The molecule has 0 fully saturated rings. The van der Waals surface area contributed by atoms with Crippen molar-refractivity contribution < 1.29 is 9.84 Å². The van der Waals surface area contributed by atoms with E-state index in [-0.39, 0.29) is 5.75 Å². The van der Waals surface area contributed by atoms with Crippen molar-refractivity contribution in [2.45, 2.75) is 13.3 Å². The van der Waals surface area contributed by atoms with Crippen LogP contribution in [0, 0.1) is 4.77 Å². The number of methoxy groups -OCH3 is 1. The maximum atomic E-state index is 9.94. The highest BCUT2D eigenvalue weighted by atomic mass is 32.1. The number of para-hydroxylation sites is 1. The summed E-state index contributed by atoms with van der Waals surface area (Å²) in [6, 6.07) is 5.18. The molecule has 1 aromatic heterocycles. The molecular weight excluding hydrogens is 264 g/mol. The number of hydrogen-bond acceptors (Lipinski definition) is 5. The third-order valence-corrected chi connectivity index (χ3v) is 2.86. The number of aromatic amines is 1. The summed E-state index contributed by atoms with van der Waals surface area (Å²) in [5.74, 6) is 1.17. The first-order valence-electron chi connectivity index (χ1n) is 5.74. The molecule has 19 heavy (non-hydrogen) atoms. The van der Waals surface area contributed by atoms with Crippen LogP contribution in [0.25, 0.3) is 0 Å². The number of rotatable bonds is 4. The number of hydrogen-bond donors (Lipinski definition) is 2. The highest BCUT2D eigenvalue weighted by Crippen LogP contribution is 2.28. The Morgan fingerprint density at radius 1 is 1.58 bits per heavy atom. The molecule has 0 radical (unpaired) electrons. The largest absolute Gasteiger partial charge is 0.504 e. The first-order chi connectivity index (χ1) is 9.17. The Balaban J connectivity index is 2.38. The first kappa shape index (κ1) is 13.3. The van der Waals surface area contributed by atoms with Crippen molar-refractivity contribution >= 4 is 18.4 Å². The van der Waals surface area contributed by atoms with Crippen LogP contribution in [0.2, 0.25) is 0 Å². The van der Waals surface area contributed by atoms with Gasteiger partial charge in [-0.15, -0.1) is 0 Å². The summed E-state index contributed by atoms with van der Waals surface area (Å²) in [6.45, 7) is 1.96. The maximum Gasteiger partial charge on any atom is 0.216 e. The third-order valence-electron chi connectivity index (χ3n) is 2.60. The van der Waals surface area contributed by atoms with E-state index in [1.54, 1.807) is 18.2 Å². The molecular formula is C12H14N4O2S. The zero-order valence-electron chi connectivity index (χ0n) is 10.6. The molecule has 0 bridgehead atoms. The minimum absolute atomic E-state index is 0.0433. The zero-order chi connectivity index (χ0) is 13.8. The van der Waals surface area contributed by atoms with Gasteiger partial charge in [0.1, 0.15) is 0 Å². The Kier molecular flexibility index (Phi) is 3.96. The fourth-order valence-corrected chi connectivity index (χ4v) is 1.80. The van der Waals surface area contributed by atoms with Crippen molar-refractivity contribution in [1.29, 1.82) is 0 Å². The van der Waals surface area contributed by atoms with Crippen molar-refractivity contribution in [2.75, 3.05) is 7.11 Å². The molecule has 0 unspecified atom stereocenters. The number of H-pyrrole nitrogens is 1. The Labute approximate surface area is 115 Å². The number of nitrogens with one attached hydrogen (secondary N) is 1. The van der Waals surface area contributed by atoms with Crippen molar-refractivity contribution in [3.8, 4) is 11.5 Å². The van der Waals surface area contributed by atoms with Crippen molar-refractivity contribution in [3.05, 3.63) is 34.4 Å². The fraction of sp³-hybridized carbons (Fsp3) is 0.250. The Morgan fingerprint density at radius 3 is 3.05 bits per heavy atom. The van der Waals surface area contributed by atoms with Gasteiger partial charge in [0, 0.05) is 12.0 Å². The predicted molar refractivity (Wildman–Crippen MR) is 74.4 cm³/mol. The molecule has 1 heterocycles. The van der Waals surface area contributed by atoms with Crippen molar-refractivity contribution in [3.63, 3.8) is 0 Å². The van der Waals surface area contributed by atoms with Gasteiger partial charge in [-0.05, 0) is 24.4 Å². The molecule has 1 aromatic carbocycles. The molecule has 0 aliphatic carbocycles. The maximum absolute atomic E-state index is 9.94. The molecule has 7 heteroatoms. The number of aromatic hydroxyl groups is 1. The van der Waals surface area contributed by atoms with E-state index in [0.29, 0.717) is 22.5 Å². The molecule has 100 valence electrons. The molecule has 2 rings (SSSR count). The highest BCUT2D eigenvalue weighted by molar-refractivity contribution is 7.71. The summed E-state index contributed by atoms with van der Waals surface area (Å²) in [7, 11) is 1.50. The second-order valence-corrected chi connectivity index (χ2v) is 4.14. The lowest BCUT2D eigenvalue weighted by molar-refractivity contribution is 0.373. The molecule has 2 N–H and O–H groups in total. The van der Waals surface area contributed by atoms with Gasteiger partial charge < -0.3 is 9.84 Å². The van der Waals surface area contributed by atoms with Gasteiger partial charge >= 0.3 is 0 Å². The third kappa shape index (κ3) is 2.65. The van der Waals surface area contributed by atoms with Gasteiger partial charge in [0.05, 0.1) is 13.3 Å². The Hall–Kier alpha value is -2.15. The summed E-state index contributed by atoms with van der Waals surface area (Å²) in [6.07, 6.45) is 2.22. The van der Waals surface area contributed by atoms with E-state index in [4.69, 9.17) is 17.0 Å². The monoisotopic (exact) mass is 278 g/mol. The van der Waals surface area contributed by atoms with Crippen LogP contribution in [0.3, 0.4) is 0 Å². The second-order valence-electron chi connectivity index (χ2n) is 3.75. The Morgan fingerprint density at radius 2 is 2.37 bits per heavy atom. The van der Waals surface area contributed by atoms with Gasteiger partial charge in [0.2, 0.25) is 4.77 Å². The van der Waals surface area contributed by atoms with Crippen LogP contribution in [0.4, 0.5) is 0 Å². The number of phenols is 1. The van der Waals surface area contributed by atoms with E-state index in [1.165, 1.54) is 18.0 Å². The van der Waals surface area contributed by atoms with Gasteiger partial charge in [-0.25, -0.2) is 0 Å². The van der Waals surface area contributed by atoms with Crippen LogP contribution in [0.1, 0.15) is 18.3 Å². The van der Waals surface area contributed by atoms with Crippen LogP contribution >= 0.6 is 12.2 Å². The van der Waals surface area contributed by atoms with E-state index in [0.717, 1.165) is 5.82 Å². The molecule has 0 aliphatic heterocycles. The number of aromatic nitrogens is 3. The van der Waals surface area contributed by atoms with Crippen LogP contribution in [-0.4, -0.2) is 33.3 Å². The SMILES string of the molecule is CCc1n[nH]c(=S)n1/N=C\c1cccc(OC)c1O. The average Bonchev–Trinajstić information content (AvgIpc) is 2.78. The highest BCUT2D eigenvalue weighted by Gasteiger charge is 2.06. The second kappa shape index (κ2) is 5.66. The van der Waals surface area contributed by atoms with Crippen molar-refractivity contribution in [2.24, 2.45) is 5.10 Å². The first-order valence-corrected chi connectivity index (χ1v) is 6.14. The number of benzene rings is 1. The van der Waals surface area contributed by atoms with Crippen LogP contribution < -0.4 is 4.74 Å². The normalized spacial score (nSPS) is 11.1.